The van der Waals surface area contributed by atoms with Crippen LogP contribution in [-0.4, -0.2) is 43.7 Å². The highest BCUT2D eigenvalue weighted by Gasteiger charge is 1.97. The second-order valence-corrected chi connectivity index (χ2v) is 3.52. The van der Waals surface area contributed by atoms with Crippen LogP contribution in [0.1, 0.15) is 6.92 Å². The van der Waals surface area contributed by atoms with Gasteiger partial charge in [0.1, 0.15) is 5.82 Å². The molecule has 0 aliphatic carbocycles. The van der Waals surface area contributed by atoms with Crippen molar-refractivity contribution in [1.29, 1.82) is 0 Å². The number of ether oxygens (including phenoxy) is 1. The molecule has 4 heteroatoms. The zero-order valence-corrected chi connectivity index (χ0v) is 9.66. The van der Waals surface area contributed by atoms with Crippen LogP contribution in [0.3, 0.4) is 0 Å². The summed E-state index contributed by atoms with van der Waals surface area (Å²) < 4.78 is 5.31. The summed E-state index contributed by atoms with van der Waals surface area (Å²) in [6.45, 7) is 4.47. The summed E-state index contributed by atoms with van der Waals surface area (Å²) in [7, 11) is 4.09. The number of pyridine rings is 1. The Balaban J connectivity index is 2.43. The fourth-order valence-electron chi connectivity index (χ4n) is 1.15. The van der Waals surface area contributed by atoms with Gasteiger partial charge >= 0.3 is 0 Å². The van der Waals surface area contributed by atoms with Gasteiger partial charge in [0, 0.05) is 19.2 Å². The van der Waals surface area contributed by atoms with Crippen molar-refractivity contribution in [2.75, 3.05) is 39.1 Å². The lowest BCUT2D eigenvalue weighted by Gasteiger charge is -2.11. The summed E-state index contributed by atoms with van der Waals surface area (Å²) in [6, 6.07) is 5.74. The van der Waals surface area contributed by atoms with Crippen molar-refractivity contribution in [3.63, 3.8) is 0 Å². The number of hydrogen-bond donors (Lipinski definition) is 1. The van der Waals surface area contributed by atoms with Gasteiger partial charge in [-0.05, 0) is 27.1 Å². The van der Waals surface area contributed by atoms with Crippen molar-refractivity contribution in [3.05, 3.63) is 18.2 Å². The molecule has 0 aliphatic rings. The molecule has 0 fully saturated rings. The average Bonchev–Trinajstić information content (AvgIpc) is 2.18. The van der Waals surface area contributed by atoms with Crippen LogP contribution in [0.4, 0.5) is 5.82 Å². The van der Waals surface area contributed by atoms with E-state index < -0.39 is 0 Å². The molecule has 0 atom stereocenters. The first-order valence-corrected chi connectivity index (χ1v) is 5.21. The van der Waals surface area contributed by atoms with Crippen LogP contribution >= 0.6 is 0 Å². The topological polar surface area (TPSA) is 37.4 Å². The number of hydrogen-bond acceptors (Lipinski definition) is 4. The number of nitrogens with zero attached hydrogens (tertiary/aromatic N) is 2. The van der Waals surface area contributed by atoms with Crippen molar-refractivity contribution >= 4 is 5.82 Å². The van der Waals surface area contributed by atoms with Crippen LogP contribution in [0, 0.1) is 0 Å². The minimum absolute atomic E-state index is 0.647. The maximum atomic E-state index is 5.31. The Bertz CT molecular complexity index is 289. The van der Waals surface area contributed by atoms with Crippen LogP contribution in [0.2, 0.25) is 0 Å². The Morgan fingerprint density at radius 3 is 2.87 bits per heavy atom. The van der Waals surface area contributed by atoms with E-state index in [1.807, 2.05) is 39.2 Å². The lowest BCUT2D eigenvalue weighted by Crippen LogP contribution is -2.21. The molecule has 1 heterocycles. The van der Waals surface area contributed by atoms with E-state index in [0.29, 0.717) is 12.5 Å². The summed E-state index contributed by atoms with van der Waals surface area (Å²) in [5, 5.41) is 3.24. The SMILES string of the molecule is CCOc1cccc(NCCN(C)C)n1. The zero-order valence-electron chi connectivity index (χ0n) is 9.66. The fourth-order valence-corrected chi connectivity index (χ4v) is 1.15. The first kappa shape index (κ1) is 11.8. The van der Waals surface area contributed by atoms with Gasteiger partial charge in [0.05, 0.1) is 6.61 Å². The van der Waals surface area contributed by atoms with Crippen LogP contribution in [-0.2, 0) is 0 Å². The molecule has 0 radical (unpaired) electrons. The Hall–Kier alpha value is -1.29. The van der Waals surface area contributed by atoms with Gasteiger partial charge in [-0.2, -0.15) is 4.98 Å². The normalized spacial score (nSPS) is 10.4. The van der Waals surface area contributed by atoms with E-state index in [1.165, 1.54) is 0 Å². The van der Waals surface area contributed by atoms with E-state index in [0.717, 1.165) is 18.9 Å². The number of anilines is 1. The van der Waals surface area contributed by atoms with Gasteiger partial charge in [-0.15, -0.1) is 0 Å². The second kappa shape index (κ2) is 6.24. The predicted octanol–water partition coefficient (Wildman–Crippen LogP) is 1.45. The molecule has 0 aliphatic heterocycles. The first-order valence-electron chi connectivity index (χ1n) is 5.21. The van der Waals surface area contributed by atoms with Crippen LogP contribution in [0.15, 0.2) is 18.2 Å². The summed E-state index contributed by atoms with van der Waals surface area (Å²) >= 11 is 0. The van der Waals surface area contributed by atoms with E-state index in [-0.39, 0.29) is 0 Å². The third-order valence-electron chi connectivity index (χ3n) is 1.88. The Labute approximate surface area is 91.3 Å². The predicted molar refractivity (Wildman–Crippen MR) is 62.4 cm³/mol. The third-order valence-corrected chi connectivity index (χ3v) is 1.88. The fraction of sp³-hybridized carbons (Fsp3) is 0.545. The minimum Gasteiger partial charge on any atom is -0.478 e. The van der Waals surface area contributed by atoms with Crippen molar-refractivity contribution in [1.82, 2.24) is 9.88 Å². The van der Waals surface area contributed by atoms with Gasteiger partial charge in [0.15, 0.2) is 0 Å². The standard InChI is InChI=1S/C11H19N3O/c1-4-15-11-7-5-6-10(13-11)12-8-9-14(2)3/h5-7H,4,8-9H2,1-3H3,(H,12,13). The van der Waals surface area contributed by atoms with E-state index >= 15 is 0 Å². The van der Waals surface area contributed by atoms with Crippen molar-refractivity contribution in [3.8, 4) is 5.88 Å². The van der Waals surface area contributed by atoms with Crippen molar-refractivity contribution in [2.24, 2.45) is 0 Å². The smallest absolute Gasteiger partial charge is 0.215 e. The molecule has 1 N–H and O–H groups in total. The van der Waals surface area contributed by atoms with Gasteiger partial charge in [-0.25, -0.2) is 0 Å². The van der Waals surface area contributed by atoms with Gasteiger partial charge < -0.3 is 15.0 Å². The maximum Gasteiger partial charge on any atom is 0.215 e. The van der Waals surface area contributed by atoms with Gasteiger partial charge in [0.2, 0.25) is 5.88 Å². The maximum absolute atomic E-state index is 5.31. The summed E-state index contributed by atoms with van der Waals surface area (Å²) in [5.74, 6) is 1.54. The highest BCUT2D eigenvalue weighted by molar-refractivity contribution is 5.36. The van der Waals surface area contributed by atoms with Crippen LogP contribution in [0.25, 0.3) is 0 Å². The van der Waals surface area contributed by atoms with E-state index in [4.69, 9.17) is 4.74 Å². The minimum atomic E-state index is 0.647. The molecule has 1 rings (SSSR count). The molecule has 4 nitrogen and oxygen atoms in total. The third kappa shape index (κ3) is 4.65. The van der Waals surface area contributed by atoms with Crippen LogP contribution in [0.5, 0.6) is 5.88 Å². The van der Waals surface area contributed by atoms with Crippen molar-refractivity contribution in [2.45, 2.75) is 6.92 Å². The summed E-state index contributed by atoms with van der Waals surface area (Å²) in [6.07, 6.45) is 0. The molecule has 0 bridgehead atoms. The summed E-state index contributed by atoms with van der Waals surface area (Å²) in [5.41, 5.74) is 0. The molecule has 0 aromatic carbocycles. The van der Waals surface area contributed by atoms with E-state index in [1.54, 1.807) is 0 Å². The zero-order chi connectivity index (χ0) is 11.1. The largest absolute Gasteiger partial charge is 0.478 e. The second-order valence-electron chi connectivity index (χ2n) is 3.52. The molecule has 1 aromatic heterocycles. The van der Waals surface area contributed by atoms with Gasteiger partial charge in [-0.3, -0.25) is 0 Å². The molecule has 0 amide bonds. The number of nitrogens with one attached hydrogen (secondary N) is 1. The van der Waals surface area contributed by atoms with Crippen molar-refractivity contribution < 1.29 is 4.74 Å². The lowest BCUT2D eigenvalue weighted by molar-refractivity contribution is 0.327. The number of aromatic nitrogens is 1. The highest BCUT2D eigenvalue weighted by atomic mass is 16.5. The molecule has 0 saturated heterocycles. The molecule has 0 unspecified atom stereocenters. The molecule has 0 saturated carbocycles. The van der Waals surface area contributed by atoms with E-state index in [9.17, 15) is 0 Å². The first-order chi connectivity index (χ1) is 7.22. The van der Waals surface area contributed by atoms with Crippen LogP contribution < -0.4 is 10.1 Å². The Morgan fingerprint density at radius 1 is 1.40 bits per heavy atom. The molecule has 84 valence electrons. The lowest BCUT2D eigenvalue weighted by atomic mass is 10.4. The molecule has 15 heavy (non-hydrogen) atoms. The molecule has 0 spiro atoms. The molecular formula is C11H19N3O. The number of likely N-dealkylation sites (N-methyl/N-ethyl adjacent to an activating group) is 1. The highest BCUT2D eigenvalue weighted by Crippen LogP contribution is 2.10. The van der Waals surface area contributed by atoms with Gasteiger partial charge in [-0.1, -0.05) is 6.07 Å². The molecule has 1 aromatic rings. The Morgan fingerprint density at radius 2 is 2.20 bits per heavy atom. The number of rotatable bonds is 6. The van der Waals surface area contributed by atoms with E-state index in [2.05, 4.69) is 15.2 Å². The quantitative estimate of drug-likeness (QED) is 0.769. The van der Waals surface area contributed by atoms with Gasteiger partial charge in [0.25, 0.3) is 0 Å². The average molecular weight is 209 g/mol. The summed E-state index contributed by atoms with van der Waals surface area (Å²) in [4.78, 5) is 6.43. The Kier molecular flexibility index (Phi) is 4.90. The molecular weight excluding hydrogens is 190 g/mol. The monoisotopic (exact) mass is 209 g/mol.